The van der Waals surface area contributed by atoms with Crippen molar-refractivity contribution in [2.24, 2.45) is 0 Å². The molecule has 1 atom stereocenters. The molecule has 4 rings (SSSR count). The van der Waals surface area contributed by atoms with Crippen LogP contribution in [0.25, 0.3) is 5.82 Å². The zero-order chi connectivity index (χ0) is 21.1. The van der Waals surface area contributed by atoms with Gasteiger partial charge in [-0.05, 0) is 23.3 Å². The Labute approximate surface area is 170 Å². The van der Waals surface area contributed by atoms with E-state index in [1.807, 2.05) is 24.3 Å². The predicted molar refractivity (Wildman–Crippen MR) is 102 cm³/mol. The molecule has 1 N–H and O–H groups in total. The zero-order valence-electron chi connectivity index (χ0n) is 15.9. The van der Waals surface area contributed by atoms with Gasteiger partial charge < -0.3 is 10.1 Å². The van der Waals surface area contributed by atoms with Crippen LogP contribution in [0, 0.1) is 0 Å². The molecule has 0 spiro atoms. The van der Waals surface area contributed by atoms with Crippen LogP contribution in [-0.4, -0.2) is 40.2 Å². The van der Waals surface area contributed by atoms with Crippen molar-refractivity contribution in [3.05, 3.63) is 77.2 Å². The maximum absolute atomic E-state index is 12.9. The predicted octanol–water partition coefficient (Wildman–Crippen LogP) is 3.37. The van der Waals surface area contributed by atoms with Gasteiger partial charge in [0, 0.05) is 31.9 Å². The van der Waals surface area contributed by atoms with Crippen molar-refractivity contribution in [2.75, 3.05) is 19.7 Å². The highest BCUT2D eigenvalue weighted by Gasteiger charge is 2.31. The molecule has 0 aliphatic carbocycles. The Bertz CT molecular complexity index is 1030. The highest BCUT2D eigenvalue weighted by molar-refractivity contribution is 5.97. The maximum Gasteiger partial charge on any atom is 0.416 e. The fraction of sp³-hybridized carbons (Fsp3) is 0.286. The molecule has 2 aromatic heterocycles. The summed E-state index contributed by atoms with van der Waals surface area (Å²) in [4.78, 5) is 16.5. The summed E-state index contributed by atoms with van der Waals surface area (Å²) in [6.45, 7) is 2.25. The van der Waals surface area contributed by atoms with Crippen LogP contribution in [0.2, 0.25) is 0 Å². The highest BCUT2D eigenvalue weighted by Crippen LogP contribution is 2.29. The molecular formula is C21H19F3N4O2. The lowest BCUT2D eigenvalue weighted by atomic mass is 10.0. The number of carbonyl (C=O) groups is 1. The Hall–Kier alpha value is -3.04. The fourth-order valence-electron chi connectivity index (χ4n) is 3.23. The van der Waals surface area contributed by atoms with Gasteiger partial charge in [0.05, 0.1) is 30.0 Å². The summed E-state index contributed by atoms with van der Waals surface area (Å²) in [5.41, 5.74) is 1.35. The third kappa shape index (κ3) is 4.58. The number of ether oxygens (including phenoxy) is 1. The zero-order valence-corrected chi connectivity index (χ0v) is 15.9. The van der Waals surface area contributed by atoms with Crippen molar-refractivity contribution in [1.29, 1.82) is 0 Å². The SMILES string of the molecule is O=C(Cc1ccc([C@H]2CNCCO2)cc1)c1cnn(-c2cc(C(F)(F)F)ccn2)c1. The highest BCUT2D eigenvalue weighted by atomic mass is 19.4. The first kappa shape index (κ1) is 20.2. The van der Waals surface area contributed by atoms with Gasteiger partial charge in [-0.3, -0.25) is 4.79 Å². The van der Waals surface area contributed by atoms with Crippen LogP contribution in [0.4, 0.5) is 13.2 Å². The fourth-order valence-corrected chi connectivity index (χ4v) is 3.23. The van der Waals surface area contributed by atoms with Crippen LogP contribution in [0.5, 0.6) is 0 Å². The maximum atomic E-state index is 12.9. The minimum Gasteiger partial charge on any atom is -0.371 e. The van der Waals surface area contributed by atoms with Crippen molar-refractivity contribution in [1.82, 2.24) is 20.1 Å². The number of carbonyl (C=O) groups excluding carboxylic acids is 1. The number of aromatic nitrogens is 3. The first-order valence-corrected chi connectivity index (χ1v) is 9.43. The topological polar surface area (TPSA) is 69.0 Å². The second-order valence-corrected chi connectivity index (χ2v) is 6.98. The molecular weight excluding hydrogens is 397 g/mol. The van der Waals surface area contributed by atoms with Crippen molar-refractivity contribution < 1.29 is 22.7 Å². The molecule has 30 heavy (non-hydrogen) atoms. The second kappa shape index (κ2) is 8.37. The number of nitrogens with one attached hydrogen (secondary N) is 1. The van der Waals surface area contributed by atoms with Crippen molar-refractivity contribution in [3.63, 3.8) is 0 Å². The lowest BCUT2D eigenvalue weighted by molar-refractivity contribution is -0.137. The van der Waals surface area contributed by atoms with Gasteiger partial charge in [-0.25, -0.2) is 9.67 Å². The number of nitrogens with zero attached hydrogens (tertiary/aromatic N) is 3. The third-order valence-electron chi connectivity index (χ3n) is 4.86. The minimum absolute atomic E-state index is 0.00157. The minimum atomic E-state index is -4.48. The van der Waals surface area contributed by atoms with Crippen LogP contribution < -0.4 is 5.32 Å². The molecule has 0 radical (unpaired) electrons. The summed E-state index contributed by atoms with van der Waals surface area (Å²) in [5.74, 6) is -0.189. The molecule has 3 aromatic rings. The molecule has 1 aromatic carbocycles. The van der Waals surface area contributed by atoms with Gasteiger partial charge in [0.15, 0.2) is 11.6 Å². The van der Waals surface area contributed by atoms with E-state index in [4.69, 9.17) is 4.74 Å². The summed E-state index contributed by atoms with van der Waals surface area (Å²) in [7, 11) is 0. The summed E-state index contributed by atoms with van der Waals surface area (Å²) < 4.78 is 45.5. The number of halogens is 3. The Kier molecular flexibility index (Phi) is 5.65. The van der Waals surface area contributed by atoms with Gasteiger partial charge in [0.2, 0.25) is 0 Å². The third-order valence-corrected chi connectivity index (χ3v) is 4.86. The van der Waals surface area contributed by atoms with E-state index >= 15 is 0 Å². The molecule has 156 valence electrons. The Morgan fingerprint density at radius 2 is 2.03 bits per heavy atom. The first-order valence-electron chi connectivity index (χ1n) is 9.43. The molecule has 9 heteroatoms. The monoisotopic (exact) mass is 416 g/mol. The van der Waals surface area contributed by atoms with Crippen LogP contribution in [-0.2, 0) is 17.3 Å². The van der Waals surface area contributed by atoms with Gasteiger partial charge in [-0.1, -0.05) is 24.3 Å². The van der Waals surface area contributed by atoms with Crippen molar-refractivity contribution >= 4 is 5.78 Å². The Morgan fingerprint density at radius 3 is 2.73 bits per heavy atom. The molecule has 1 fully saturated rings. The van der Waals surface area contributed by atoms with Gasteiger partial charge in [-0.2, -0.15) is 18.3 Å². The lowest BCUT2D eigenvalue weighted by Crippen LogP contribution is -2.33. The Morgan fingerprint density at radius 1 is 1.23 bits per heavy atom. The Balaban J connectivity index is 1.44. The number of morpholine rings is 1. The number of hydrogen-bond acceptors (Lipinski definition) is 5. The van der Waals surface area contributed by atoms with E-state index in [2.05, 4.69) is 15.4 Å². The lowest BCUT2D eigenvalue weighted by Gasteiger charge is -2.24. The van der Waals surface area contributed by atoms with E-state index in [0.717, 1.165) is 42.5 Å². The molecule has 0 unspecified atom stereocenters. The van der Waals surface area contributed by atoms with Crippen molar-refractivity contribution in [3.8, 4) is 5.82 Å². The number of Topliss-reactive ketones (excluding diaryl/α,β-unsaturated/α-hetero) is 1. The number of hydrogen-bond donors (Lipinski definition) is 1. The van der Waals surface area contributed by atoms with Crippen LogP contribution in [0.1, 0.15) is 33.2 Å². The molecule has 3 heterocycles. The van der Waals surface area contributed by atoms with E-state index in [9.17, 15) is 18.0 Å². The van der Waals surface area contributed by atoms with E-state index in [1.165, 1.54) is 17.1 Å². The average Bonchev–Trinajstić information content (AvgIpc) is 3.25. The molecule has 6 nitrogen and oxygen atoms in total. The largest absolute Gasteiger partial charge is 0.416 e. The molecule has 0 amide bonds. The van der Waals surface area contributed by atoms with Crippen LogP contribution >= 0.6 is 0 Å². The molecule has 0 bridgehead atoms. The quantitative estimate of drug-likeness (QED) is 0.646. The molecule has 1 saturated heterocycles. The number of ketones is 1. The van der Waals surface area contributed by atoms with Crippen molar-refractivity contribution in [2.45, 2.75) is 18.7 Å². The molecule has 0 saturated carbocycles. The average molecular weight is 416 g/mol. The number of alkyl halides is 3. The molecule has 1 aliphatic heterocycles. The summed E-state index contributed by atoms with van der Waals surface area (Å²) >= 11 is 0. The van der Waals surface area contributed by atoms with Crippen LogP contribution in [0.15, 0.2) is 55.0 Å². The van der Waals surface area contributed by atoms with E-state index in [1.54, 1.807) is 0 Å². The van der Waals surface area contributed by atoms with E-state index in [0.29, 0.717) is 12.2 Å². The number of pyridine rings is 1. The summed E-state index contributed by atoms with van der Waals surface area (Å²) in [5, 5.41) is 7.26. The first-order chi connectivity index (χ1) is 14.4. The summed E-state index contributed by atoms with van der Waals surface area (Å²) in [6, 6.07) is 9.42. The summed E-state index contributed by atoms with van der Waals surface area (Å²) in [6.07, 6.45) is -0.531. The van der Waals surface area contributed by atoms with Gasteiger partial charge in [0.1, 0.15) is 0 Å². The molecule has 1 aliphatic rings. The smallest absolute Gasteiger partial charge is 0.371 e. The van der Waals surface area contributed by atoms with E-state index in [-0.39, 0.29) is 24.1 Å². The van der Waals surface area contributed by atoms with Gasteiger partial charge in [-0.15, -0.1) is 0 Å². The number of benzene rings is 1. The van der Waals surface area contributed by atoms with Gasteiger partial charge in [0.25, 0.3) is 0 Å². The number of rotatable bonds is 5. The van der Waals surface area contributed by atoms with Crippen LogP contribution in [0.3, 0.4) is 0 Å². The second-order valence-electron chi connectivity index (χ2n) is 6.98. The van der Waals surface area contributed by atoms with Gasteiger partial charge >= 0.3 is 6.18 Å². The normalized spacial score (nSPS) is 17.1. The standard InChI is InChI=1S/C21H19F3N4O2/c22-21(23,24)17-5-6-26-20(10-17)28-13-16(11-27-28)18(29)9-14-1-3-15(4-2-14)19-12-25-7-8-30-19/h1-6,10-11,13,19,25H,7-9,12H2/t19-/m1/s1. The van der Waals surface area contributed by atoms with E-state index < -0.39 is 11.7 Å².